The highest BCUT2D eigenvalue weighted by Crippen LogP contribution is 2.20. The summed E-state index contributed by atoms with van der Waals surface area (Å²) in [5.74, 6) is 0.148. The fourth-order valence-corrected chi connectivity index (χ4v) is 2.20. The summed E-state index contributed by atoms with van der Waals surface area (Å²) in [5.41, 5.74) is 2.55. The van der Waals surface area contributed by atoms with Gasteiger partial charge in [-0.25, -0.2) is 0 Å². The van der Waals surface area contributed by atoms with E-state index < -0.39 is 0 Å². The van der Waals surface area contributed by atoms with Crippen molar-refractivity contribution in [3.63, 3.8) is 0 Å². The lowest BCUT2D eigenvalue weighted by molar-refractivity contribution is 0.221. The maximum absolute atomic E-state index is 11.7. The summed E-state index contributed by atoms with van der Waals surface area (Å²) in [6.45, 7) is 2.73. The Morgan fingerprint density at radius 3 is 3.00 bits per heavy atom. The van der Waals surface area contributed by atoms with Crippen molar-refractivity contribution in [3.05, 3.63) is 33.7 Å². The second-order valence-electron chi connectivity index (χ2n) is 4.40. The highest BCUT2D eigenvalue weighted by molar-refractivity contribution is 5.25. The van der Waals surface area contributed by atoms with E-state index in [1.807, 2.05) is 17.6 Å². The Labute approximate surface area is 89.4 Å². The predicted molar refractivity (Wildman–Crippen MR) is 59.0 cm³/mol. The van der Waals surface area contributed by atoms with Crippen LogP contribution in [-0.4, -0.2) is 16.3 Å². The molecule has 0 fully saturated rings. The molecule has 0 saturated heterocycles. The van der Waals surface area contributed by atoms with Crippen LogP contribution in [0.2, 0.25) is 0 Å². The third kappa shape index (κ3) is 1.97. The van der Waals surface area contributed by atoms with Crippen LogP contribution >= 0.6 is 0 Å². The molecular weight excluding hydrogens is 190 g/mol. The van der Waals surface area contributed by atoms with E-state index in [-0.39, 0.29) is 18.1 Å². The monoisotopic (exact) mass is 207 g/mol. The number of aliphatic hydroxyl groups is 1. The molecule has 1 unspecified atom stereocenters. The van der Waals surface area contributed by atoms with Crippen LogP contribution in [0.5, 0.6) is 0 Å². The van der Waals surface area contributed by atoms with Gasteiger partial charge in [0, 0.05) is 24.9 Å². The van der Waals surface area contributed by atoms with Crippen molar-refractivity contribution in [1.82, 2.24) is 4.57 Å². The molecule has 15 heavy (non-hydrogen) atoms. The molecule has 3 nitrogen and oxygen atoms in total. The first-order chi connectivity index (χ1) is 7.22. The quantitative estimate of drug-likeness (QED) is 0.802. The second kappa shape index (κ2) is 4.19. The van der Waals surface area contributed by atoms with Crippen LogP contribution < -0.4 is 5.56 Å². The van der Waals surface area contributed by atoms with Crippen LogP contribution in [-0.2, 0) is 19.4 Å². The zero-order chi connectivity index (χ0) is 10.8. The molecule has 0 radical (unpaired) electrons. The van der Waals surface area contributed by atoms with Gasteiger partial charge in [0.2, 0.25) is 0 Å². The first-order valence-corrected chi connectivity index (χ1v) is 5.55. The molecular formula is C12H17NO2. The van der Waals surface area contributed by atoms with Gasteiger partial charge >= 0.3 is 0 Å². The molecule has 0 bridgehead atoms. The standard InChI is InChI=1S/C12H17NO2/c1-9(8-14)7-13-11-4-2-3-10(11)5-6-12(13)15/h5-6,9,14H,2-4,7-8H2,1H3. The van der Waals surface area contributed by atoms with Gasteiger partial charge in [-0.15, -0.1) is 0 Å². The van der Waals surface area contributed by atoms with Crippen molar-refractivity contribution in [2.75, 3.05) is 6.61 Å². The van der Waals surface area contributed by atoms with Crippen molar-refractivity contribution in [2.45, 2.75) is 32.7 Å². The van der Waals surface area contributed by atoms with Gasteiger partial charge in [0.05, 0.1) is 0 Å². The second-order valence-corrected chi connectivity index (χ2v) is 4.40. The number of nitrogens with zero attached hydrogens (tertiary/aromatic N) is 1. The average molecular weight is 207 g/mol. The van der Waals surface area contributed by atoms with Gasteiger partial charge in [0.1, 0.15) is 0 Å². The predicted octanol–water partition coefficient (Wildman–Crippen LogP) is 0.965. The number of aliphatic hydroxyl groups excluding tert-OH is 1. The first kappa shape index (κ1) is 10.4. The van der Waals surface area contributed by atoms with E-state index in [9.17, 15) is 4.79 Å². The summed E-state index contributed by atoms with van der Waals surface area (Å²) >= 11 is 0. The SMILES string of the molecule is CC(CO)Cn1c2c(ccc1=O)CCC2. The molecule has 1 aliphatic rings. The summed E-state index contributed by atoms with van der Waals surface area (Å²) in [7, 11) is 0. The van der Waals surface area contributed by atoms with Crippen LogP contribution in [0, 0.1) is 5.92 Å². The van der Waals surface area contributed by atoms with Crippen LogP contribution in [0.3, 0.4) is 0 Å². The number of hydrogen-bond acceptors (Lipinski definition) is 2. The topological polar surface area (TPSA) is 42.2 Å². The highest BCUT2D eigenvalue weighted by atomic mass is 16.3. The van der Waals surface area contributed by atoms with Gasteiger partial charge in [0.25, 0.3) is 5.56 Å². The van der Waals surface area contributed by atoms with Gasteiger partial charge in [-0.1, -0.05) is 13.0 Å². The van der Waals surface area contributed by atoms with Crippen molar-refractivity contribution in [1.29, 1.82) is 0 Å². The summed E-state index contributed by atoms with van der Waals surface area (Å²) in [5, 5.41) is 9.02. The Balaban J connectivity index is 2.37. The Morgan fingerprint density at radius 1 is 1.47 bits per heavy atom. The van der Waals surface area contributed by atoms with E-state index in [0.29, 0.717) is 6.54 Å². The van der Waals surface area contributed by atoms with Crippen molar-refractivity contribution in [3.8, 4) is 0 Å². The third-order valence-corrected chi connectivity index (χ3v) is 3.06. The molecule has 1 atom stereocenters. The summed E-state index contributed by atoms with van der Waals surface area (Å²) in [6, 6.07) is 3.60. The number of aromatic nitrogens is 1. The van der Waals surface area contributed by atoms with E-state index in [0.717, 1.165) is 19.3 Å². The molecule has 1 N–H and O–H groups in total. The Kier molecular flexibility index (Phi) is 2.91. The van der Waals surface area contributed by atoms with Gasteiger partial charge in [-0.2, -0.15) is 0 Å². The lowest BCUT2D eigenvalue weighted by atomic mass is 10.1. The molecule has 0 aromatic carbocycles. The molecule has 1 heterocycles. The lowest BCUT2D eigenvalue weighted by Gasteiger charge is -2.15. The van der Waals surface area contributed by atoms with Crippen LogP contribution in [0.1, 0.15) is 24.6 Å². The molecule has 1 aliphatic carbocycles. The number of rotatable bonds is 3. The maximum atomic E-state index is 11.7. The Hall–Kier alpha value is -1.09. The molecule has 3 heteroatoms. The van der Waals surface area contributed by atoms with E-state index in [1.165, 1.54) is 11.3 Å². The number of hydrogen-bond donors (Lipinski definition) is 1. The molecule has 0 aliphatic heterocycles. The van der Waals surface area contributed by atoms with E-state index in [4.69, 9.17) is 5.11 Å². The minimum absolute atomic E-state index is 0.0657. The minimum Gasteiger partial charge on any atom is -0.396 e. The van der Waals surface area contributed by atoms with Gasteiger partial charge in [-0.05, 0) is 30.7 Å². The Morgan fingerprint density at radius 2 is 2.27 bits per heavy atom. The van der Waals surface area contributed by atoms with Gasteiger partial charge < -0.3 is 9.67 Å². The molecule has 0 amide bonds. The van der Waals surface area contributed by atoms with Gasteiger partial charge in [0.15, 0.2) is 0 Å². The smallest absolute Gasteiger partial charge is 0.250 e. The average Bonchev–Trinajstić information content (AvgIpc) is 2.70. The first-order valence-electron chi connectivity index (χ1n) is 5.55. The van der Waals surface area contributed by atoms with Crippen molar-refractivity contribution in [2.24, 2.45) is 5.92 Å². The lowest BCUT2D eigenvalue weighted by Crippen LogP contribution is -2.26. The van der Waals surface area contributed by atoms with Gasteiger partial charge in [-0.3, -0.25) is 4.79 Å². The van der Waals surface area contributed by atoms with E-state index in [1.54, 1.807) is 6.07 Å². The summed E-state index contributed by atoms with van der Waals surface area (Å²) < 4.78 is 1.84. The highest BCUT2D eigenvalue weighted by Gasteiger charge is 2.16. The van der Waals surface area contributed by atoms with E-state index in [2.05, 4.69) is 0 Å². The van der Waals surface area contributed by atoms with Crippen molar-refractivity contribution < 1.29 is 5.11 Å². The molecule has 0 saturated carbocycles. The van der Waals surface area contributed by atoms with Crippen molar-refractivity contribution >= 4 is 0 Å². The Bertz CT molecular complexity index is 409. The van der Waals surface area contributed by atoms with Crippen LogP contribution in [0.15, 0.2) is 16.9 Å². The number of fused-ring (bicyclic) bond motifs is 1. The largest absolute Gasteiger partial charge is 0.396 e. The third-order valence-electron chi connectivity index (χ3n) is 3.06. The summed E-state index contributed by atoms with van der Waals surface area (Å²) in [6.07, 6.45) is 3.24. The molecule has 82 valence electrons. The van der Waals surface area contributed by atoms with Crippen LogP contribution in [0.4, 0.5) is 0 Å². The molecule has 1 aromatic rings. The number of pyridine rings is 1. The molecule has 1 aromatic heterocycles. The number of aryl methyl sites for hydroxylation is 1. The molecule has 2 rings (SSSR count). The fraction of sp³-hybridized carbons (Fsp3) is 0.583. The summed E-state index contributed by atoms with van der Waals surface area (Å²) in [4.78, 5) is 11.7. The zero-order valence-electron chi connectivity index (χ0n) is 9.07. The zero-order valence-corrected chi connectivity index (χ0v) is 9.07. The normalized spacial score (nSPS) is 16.4. The van der Waals surface area contributed by atoms with Crippen LogP contribution in [0.25, 0.3) is 0 Å². The van der Waals surface area contributed by atoms with E-state index >= 15 is 0 Å². The molecule has 0 spiro atoms. The maximum Gasteiger partial charge on any atom is 0.250 e. The fourth-order valence-electron chi connectivity index (χ4n) is 2.20. The minimum atomic E-state index is 0.0657.